The molecule has 20 heavy (non-hydrogen) atoms. The molecule has 2 aromatic rings. The molecule has 1 atom stereocenters. The van der Waals surface area contributed by atoms with Gasteiger partial charge < -0.3 is 4.74 Å². The van der Waals surface area contributed by atoms with Crippen molar-refractivity contribution in [1.82, 2.24) is 0 Å². The van der Waals surface area contributed by atoms with Gasteiger partial charge in [-0.25, -0.2) is 0 Å². The number of ether oxygens (including phenoxy) is 1. The third-order valence-electron chi connectivity index (χ3n) is 3.68. The summed E-state index contributed by atoms with van der Waals surface area (Å²) in [6.45, 7) is 5.20. The Hall–Kier alpha value is -1.41. The van der Waals surface area contributed by atoms with Gasteiger partial charge >= 0.3 is 0 Å². The maximum Gasteiger partial charge on any atom is 0.122 e. The van der Waals surface area contributed by atoms with Gasteiger partial charge in [-0.3, -0.25) is 0 Å². The van der Waals surface area contributed by atoms with Crippen LogP contribution < -0.4 is 4.74 Å². The smallest absolute Gasteiger partial charge is 0.122 e. The van der Waals surface area contributed by atoms with Gasteiger partial charge in [0.2, 0.25) is 0 Å². The van der Waals surface area contributed by atoms with Crippen molar-refractivity contribution < 1.29 is 4.74 Å². The van der Waals surface area contributed by atoms with Crippen LogP contribution in [0.4, 0.5) is 0 Å². The predicted octanol–water partition coefficient (Wildman–Crippen LogP) is 4.91. The molecule has 1 heterocycles. The van der Waals surface area contributed by atoms with E-state index in [1.807, 2.05) is 11.8 Å². The molecule has 2 aromatic carbocycles. The summed E-state index contributed by atoms with van der Waals surface area (Å²) < 4.78 is 6.09. The van der Waals surface area contributed by atoms with E-state index in [0.29, 0.717) is 11.2 Å². The lowest BCUT2D eigenvalue weighted by Gasteiger charge is -2.16. The Morgan fingerprint density at radius 3 is 2.65 bits per heavy atom. The number of fused-ring (bicyclic) bond motifs is 1. The lowest BCUT2D eigenvalue weighted by Crippen LogP contribution is -2.14. The zero-order valence-electron chi connectivity index (χ0n) is 12.0. The highest BCUT2D eigenvalue weighted by Gasteiger charge is 2.22. The Kier molecular flexibility index (Phi) is 4.02. The minimum absolute atomic E-state index is 0.500. The van der Waals surface area contributed by atoms with Crippen molar-refractivity contribution in [2.24, 2.45) is 0 Å². The van der Waals surface area contributed by atoms with E-state index in [1.54, 1.807) is 0 Å². The van der Waals surface area contributed by atoms with E-state index in [1.165, 1.54) is 16.0 Å². The molecule has 0 bridgehead atoms. The topological polar surface area (TPSA) is 9.23 Å². The molecule has 1 unspecified atom stereocenters. The van der Waals surface area contributed by atoms with Gasteiger partial charge in [-0.05, 0) is 35.6 Å². The maximum absolute atomic E-state index is 6.09. The summed E-state index contributed by atoms with van der Waals surface area (Å²) in [6, 6.07) is 17.1. The van der Waals surface area contributed by atoms with Crippen LogP contribution >= 0.6 is 11.8 Å². The number of benzene rings is 2. The van der Waals surface area contributed by atoms with Gasteiger partial charge in [0, 0.05) is 10.1 Å². The van der Waals surface area contributed by atoms with Crippen LogP contribution in [0.2, 0.25) is 0 Å². The molecule has 3 rings (SSSR count). The molecule has 0 saturated carbocycles. The second kappa shape index (κ2) is 5.92. The van der Waals surface area contributed by atoms with Gasteiger partial charge in [0.1, 0.15) is 12.4 Å². The van der Waals surface area contributed by atoms with Crippen molar-refractivity contribution in [3.63, 3.8) is 0 Å². The monoisotopic (exact) mass is 284 g/mol. The second-order valence-corrected chi connectivity index (χ2v) is 6.90. The molecule has 1 aliphatic rings. The summed E-state index contributed by atoms with van der Waals surface area (Å²) in [5.74, 6) is 1.54. The van der Waals surface area contributed by atoms with E-state index >= 15 is 0 Å². The Balaban J connectivity index is 1.65. The molecular weight excluding hydrogens is 264 g/mol. The molecule has 1 aliphatic heterocycles. The summed E-state index contributed by atoms with van der Waals surface area (Å²) in [5, 5.41) is 0.535. The van der Waals surface area contributed by atoms with E-state index in [4.69, 9.17) is 4.74 Å². The molecule has 0 saturated heterocycles. The van der Waals surface area contributed by atoms with E-state index in [2.05, 4.69) is 62.4 Å². The first-order chi connectivity index (χ1) is 9.74. The van der Waals surface area contributed by atoms with E-state index < -0.39 is 0 Å². The van der Waals surface area contributed by atoms with E-state index in [9.17, 15) is 0 Å². The van der Waals surface area contributed by atoms with E-state index in [-0.39, 0.29) is 0 Å². The van der Waals surface area contributed by atoms with Crippen LogP contribution in [0.1, 0.15) is 30.9 Å². The van der Waals surface area contributed by atoms with Crippen LogP contribution in [-0.2, 0) is 6.42 Å². The molecule has 0 N–H and O–H groups in total. The van der Waals surface area contributed by atoms with Crippen molar-refractivity contribution in [1.29, 1.82) is 0 Å². The van der Waals surface area contributed by atoms with Gasteiger partial charge in [-0.2, -0.15) is 0 Å². The number of rotatable bonds is 4. The van der Waals surface area contributed by atoms with Crippen molar-refractivity contribution >= 4 is 11.8 Å². The molecule has 2 heteroatoms. The summed E-state index contributed by atoms with van der Waals surface area (Å²) in [7, 11) is 0. The third-order valence-corrected chi connectivity index (χ3v) is 4.97. The minimum Gasteiger partial charge on any atom is -0.492 e. The summed E-state index contributed by atoms with van der Waals surface area (Å²) >= 11 is 1.94. The number of hydrogen-bond acceptors (Lipinski definition) is 2. The second-order valence-electron chi connectivity index (χ2n) is 5.56. The molecule has 0 aliphatic carbocycles. The van der Waals surface area contributed by atoms with Crippen LogP contribution in [0.5, 0.6) is 5.75 Å². The molecule has 0 spiro atoms. The molecular formula is C18H20OS. The van der Waals surface area contributed by atoms with Crippen molar-refractivity contribution in [2.75, 3.05) is 6.61 Å². The number of hydrogen-bond donors (Lipinski definition) is 0. The van der Waals surface area contributed by atoms with Gasteiger partial charge in [-0.1, -0.05) is 50.2 Å². The van der Waals surface area contributed by atoms with Crippen molar-refractivity contribution in [2.45, 2.75) is 36.3 Å². The van der Waals surface area contributed by atoms with E-state index in [0.717, 1.165) is 18.8 Å². The summed E-state index contributed by atoms with van der Waals surface area (Å²) in [5.41, 5.74) is 2.76. The molecule has 1 nitrogen and oxygen atoms in total. The fourth-order valence-corrected chi connectivity index (χ4v) is 3.84. The average Bonchev–Trinajstić information content (AvgIpc) is 2.88. The Morgan fingerprint density at radius 2 is 1.85 bits per heavy atom. The van der Waals surface area contributed by atoms with Crippen LogP contribution in [0.3, 0.4) is 0 Å². The molecule has 0 aromatic heterocycles. The van der Waals surface area contributed by atoms with Gasteiger partial charge in [0.25, 0.3) is 0 Å². The fraction of sp³-hybridized carbons (Fsp3) is 0.333. The lowest BCUT2D eigenvalue weighted by molar-refractivity contribution is 0.313. The first kappa shape index (κ1) is 13.6. The molecule has 0 amide bonds. The summed E-state index contributed by atoms with van der Waals surface area (Å²) in [6.07, 6.45) is 1.12. The van der Waals surface area contributed by atoms with Crippen LogP contribution in [0.25, 0.3) is 0 Å². The molecule has 104 valence electrons. The highest BCUT2D eigenvalue weighted by Crippen LogP contribution is 2.37. The number of para-hydroxylation sites is 1. The van der Waals surface area contributed by atoms with Gasteiger partial charge in [0.05, 0.1) is 0 Å². The SMILES string of the molecule is CC(C)c1ccccc1OCC1Cc2ccccc2S1. The zero-order valence-corrected chi connectivity index (χ0v) is 12.8. The largest absolute Gasteiger partial charge is 0.492 e. The maximum atomic E-state index is 6.09. The van der Waals surface area contributed by atoms with Gasteiger partial charge in [0.15, 0.2) is 0 Å². The van der Waals surface area contributed by atoms with Gasteiger partial charge in [-0.15, -0.1) is 11.8 Å². The average molecular weight is 284 g/mol. The first-order valence-electron chi connectivity index (χ1n) is 7.20. The van der Waals surface area contributed by atoms with Crippen molar-refractivity contribution in [3.05, 3.63) is 59.7 Å². The fourth-order valence-electron chi connectivity index (χ4n) is 2.62. The van der Waals surface area contributed by atoms with Crippen LogP contribution in [0, 0.1) is 0 Å². The van der Waals surface area contributed by atoms with Crippen molar-refractivity contribution in [3.8, 4) is 5.75 Å². The molecule has 0 fully saturated rings. The molecule has 0 radical (unpaired) electrons. The lowest BCUT2D eigenvalue weighted by atomic mass is 10.0. The van der Waals surface area contributed by atoms with Crippen LogP contribution in [0.15, 0.2) is 53.4 Å². The predicted molar refractivity (Wildman–Crippen MR) is 85.8 cm³/mol. The third kappa shape index (κ3) is 2.85. The first-order valence-corrected chi connectivity index (χ1v) is 8.08. The Morgan fingerprint density at radius 1 is 1.10 bits per heavy atom. The highest BCUT2D eigenvalue weighted by atomic mass is 32.2. The Bertz CT molecular complexity index is 566. The quantitative estimate of drug-likeness (QED) is 0.789. The Labute approximate surface area is 125 Å². The van der Waals surface area contributed by atoms with Crippen LogP contribution in [-0.4, -0.2) is 11.9 Å². The zero-order chi connectivity index (χ0) is 13.9. The minimum atomic E-state index is 0.500. The normalized spacial score (nSPS) is 17.2. The highest BCUT2D eigenvalue weighted by molar-refractivity contribution is 8.00. The standard InChI is InChI=1S/C18H20OS/c1-13(2)16-8-4-5-9-17(16)19-12-15-11-14-7-3-6-10-18(14)20-15/h3-10,13,15H,11-12H2,1-2H3. The number of thioether (sulfide) groups is 1. The summed E-state index contributed by atoms with van der Waals surface area (Å²) in [4.78, 5) is 1.42.